The third-order valence-electron chi connectivity index (χ3n) is 5.26. The average molecular weight is 430 g/mol. The Bertz CT molecular complexity index is 1450. The summed E-state index contributed by atoms with van der Waals surface area (Å²) in [5.74, 6) is -0.279. The van der Waals surface area contributed by atoms with Crippen LogP contribution in [0.25, 0.3) is 33.3 Å². The molecule has 31 heavy (non-hydrogen) atoms. The number of rotatable bonds is 4. The van der Waals surface area contributed by atoms with Gasteiger partial charge in [-0.2, -0.15) is 0 Å². The SMILES string of the molecule is O=c1cc(-c2c[nH]c3ncc(-c4ccc(F)cc4)cc23)ccn1Cc1cccc(Cl)c1. The molecule has 1 N–H and O–H groups in total. The predicted molar refractivity (Wildman–Crippen MR) is 122 cm³/mol. The van der Waals surface area contributed by atoms with Gasteiger partial charge in [0.1, 0.15) is 11.5 Å². The highest BCUT2D eigenvalue weighted by atomic mass is 35.5. The normalized spacial score (nSPS) is 11.2. The maximum Gasteiger partial charge on any atom is 0.251 e. The second-order valence-corrected chi connectivity index (χ2v) is 7.78. The van der Waals surface area contributed by atoms with E-state index in [-0.39, 0.29) is 11.4 Å². The molecule has 0 radical (unpaired) electrons. The van der Waals surface area contributed by atoms with Gasteiger partial charge >= 0.3 is 0 Å². The molecule has 0 amide bonds. The Morgan fingerprint density at radius 2 is 1.81 bits per heavy atom. The highest BCUT2D eigenvalue weighted by molar-refractivity contribution is 6.30. The van der Waals surface area contributed by atoms with Crippen LogP contribution >= 0.6 is 11.6 Å². The number of hydrogen-bond donors (Lipinski definition) is 1. The smallest absolute Gasteiger partial charge is 0.251 e. The zero-order valence-corrected chi connectivity index (χ0v) is 17.1. The number of nitrogens with one attached hydrogen (secondary N) is 1. The van der Waals surface area contributed by atoms with Crippen molar-refractivity contribution in [3.63, 3.8) is 0 Å². The Morgan fingerprint density at radius 3 is 2.58 bits per heavy atom. The molecule has 2 aromatic carbocycles. The van der Waals surface area contributed by atoms with Gasteiger partial charge in [0, 0.05) is 46.2 Å². The fraction of sp³-hybridized carbons (Fsp3) is 0.0400. The second-order valence-electron chi connectivity index (χ2n) is 7.34. The molecule has 152 valence electrons. The summed E-state index contributed by atoms with van der Waals surface area (Å²) in [6.45, 7) is 0.448. The van der Waals surface area contributed by atoms with Crippen LogP contribution in [0.1, 0.15) is 5.56 Å². The third kappa shape index (κ3) is 3.88. The number of nitrogens with zero attached hydrogens (tertiary/aromatic N) is 2. The van der Waals surface area contributed by atoms with Gasteiger partial charge in [-0.1, -0.05) is 35.9 Å². The highest BCUT2D eigenvalue weighted by Gasteiger charge is 2.11. The van der Waals surface area contributed by atoms with Crippen LogP contribution < -0.4 is 5.56 Å². The fourth-order valence-electron chi connectivity index (χ4n) is 3.68. The molecule has 5 rings (SSSR count). The number of fused-ring (bicyclic) bond motifs is 1. The van der Waals surface area contributed by atoms with Crippen LogP contribution in [0.3, 0.4) is 0 Å². The summed E-state index contributed by atoms with van der Waals surface area (Å²) in [6, 6.07) is 19.3. The first-order valence-corrected chi connectivity index (χ1v) is 10.1. The lowest BCUT2D eigenvalue weighted by Crippen LogP contribution is -2.19. The lowest BCUT2D eigenvalue weighted by Gasteiger charge is -2.08. The Kier molecular flexibility index (Phi) is 4.88. The van der Waals surface area contributed by atoms with E-state index in [1.54, 1.807) is 35.2 Å². The van der Waals surface area contributed by atoms with Gasteiger partial charge in [-0.05, 0) is 53.1 Å². The van der Waals surface area contributed by atoms with Crippen LogP contribution in [-0.2, 0) is 6.54 Å². The third-order valence-corrected chi connectivity index (χ3v) is 5.49. The molecule has 0 spiro atoms. The van der Waals surface area contributed by atoms with Crippen LogP contribution in [0.2, 0.25) is 5.02 Å². The van der Waals surface area contributed by atoms with E-state index in [4.69, 9.17) is 11.6 Å². The number of H-pyrrole nitrogens is 1. The molecule has 4 nitrogen and oxygen atoms in total. The van der Waals surface area contributed by atoms with Gasteiger partial charge in [0.25, 0.3) is 5.56 Å². The molecule has 0 aliphatic rings. The molecular formula is C25H17ClFN3O. The Labute approximate surface area is 182 Å². The van der Waals surface area contributed by atoms with Gasteiger partial charge in [-0.15, -0.1) is 0 Å². The standard InChI is InChI=1S/C25H17ClFN3O/c26-20-3-1-2-16(10-20)15-30-9-8-18(12-24(30)31)23-14-29-25-22(23)11-19(13-28-25)17-4-6-21(27)7-5-17/h1-14H,15H2,(H,28,29). The van der Waals surface area contributed by atoms with E-state index in [2.05, 4.69) is 9.97 Å². The lowest BCUT2D eigenvalue weighted by molar-refractivity contribution is 0.628. The van der Waals surface area contributed by atoms with E-state index in [9.17, 15) is 9.18 Å². The summed E-state index contributed by atoms with van der Waals surface area (Å²) in [7, 11) is 0. The van der Waals surface area contributed by atoms with Crippen molar-refractivity contribution in [1.82, 2.24) is 14.5 Å². The van der Waals surface area contributed by atoms with Crippen molar-refractivity contribution in [3.8, 4) is 22.3 Å². The number of benzene rings is 2. The van der Waals surface area contributed by atoms with Gasteiger partial charge in [-0.25, -0.2) is 9.37 Å². The molecule has 3 heterocycles. The van der Waals surface area contributed by atoms with Crippen LogP contribution in [0.5, 0.6) is 0 Å². The molecule has 0 fully saturated rings. The first kappa shape index (κ1) is 19.3. The van der Waals surface area contributed by atoms with Crippen molar-refractivity contribution >= 4 is 22.6 Å². The Morgan fingerprint density at radius 1 is 0.968 bits per heavy atom. The minimum atomic E-state index is -0.279. The van der Waals surface area contributed by atoms with Gasteiger partial charge in [0.2, 0.25) is 0 Å². The molecule has 3 aromatic heterocycles. The largest absolute Gasteiger partial charge is 0.346 e. The summed E-state index contributed by atoms with van der Waals surface area (Å²) in [6.07, 6.45) is 5.38. The quantitative estimate of drug-likeness (QED) is 0.386. The van der Waals surface area contributed by atoms with Crippen molar-refractivity contribution in [2.24, 2.45) is 0 Å². The van der Waals surface area contributed by atoms with E-state index >= 15 is 0 Å². The molecule has 0 aliphatic carbocycles. The van der Waals surface area contributed by atoms with Crippen molar-refractivity contribution in [2.75, 3.05) is 0 Å². The van der Waals surface area contributed by atoms with Crippen molar-refractivity contribution in [3.05, 3.63) is 112 Å². The molecule has 0 atom stereocenters. The number of hydrogen-bond acceptors (Lipinski definition) is 2. The first-order valence-electron chi connectivity index (χ1n) is 9.75. The topological polar surface area (TPSA) is 50.7 Å². The van der Waals surface area contributed by atoms with Crippen LogP contribution in [0, 0.1) is 5.82 Å². The molecule has 0 aliphatic heterocycles. The minimum Gasteiger partial charge on any atom is -0.346 e. The molecule has 0 bridgehead atoms. The molecule has 0 saturated heterocycles. The maximum absolute atomic E-state index is 13.3. The average Bonchev–Trinajstić information content (AvgIpc) is 3.19. The fourth-order valence-corrected chi connectivity index (χ4v) is 3.89. The first-order chi connectivity index (χ1) is 15.1. The molecule has 6 heteroatoms. The summed E-state index contributed by atoms with van der Waals surface area (Å²) < 4.78 is 14.9. The monoisotopic (exact) mass is 429 g/mol. The number of halogens is 2. The molecule has 0 saturated carbocycles. The maximum atomic E-state index is 13.3. The zero-order valence-electron chi connectivity index (χ0n) is 16.3. The van der Waals surface area contributed by atoms with Crippen molar-refractivity contribution in [2.45, 2.75) is 6.54 Å². The number of pyridine rings is 2. The van der Waals surface area contributed by atoms with E-state index in [0.717, 1.165) is 38.9 Å². The Balaban J connectivity index is 1.51. The number of aromatic nitrogens is 3. The summed E-state index contributed by atoms with van der Waals surface area (Å²) in [5, 5.41) is 1.54. The molecular weight excluding hydrogens is 413 g/mol. The van der Waals surface area contributed by atoms with Crippen LogP contribution in [0.4, 0.5) is 4.39 Å². The van der Waals surface area contributed by atoms with Gasteiger partial charge in [0.05, 0.1) is 6.54 Å². The Hall–Kier alpha value is -3.70. The highest BCUT2D eigenvalue weighted by Crippen LogP contribution is 2.30. The van der Waals surface area contributed by atoms with Crippen LogP contribution in [0.15, 0.2) is 90.1 Å². The minimum absolute atomic E-state index is 0.102. The van der Waals surface area contributed by atoms with Gasteiger partial charge < -0.3 is 9.55 Å². The molecule has 0 unspecified atom stereocenters. The van der Waals surface area contributed by atoms with Crippen LogP contribution in [-0.4, -0.2) is 14.5 Å². The van der Waals surface area contributed by atoms with Gasteiger partial charge in [-0.3, -0.25) is 4.79 Å². The molecule has 5 aromatic rings. The van der Waals surface area contributed by atoms with E-state index < -0.39 is 0 Å². The zero-order chi connectivity index (χ0) is 21.4. The summed E-state index contributed by atoms with van der Waals surface area (Å²) in [5.41, 5.74) is 5.03. The van der Waals surface area contributed by atoms with Crippen molar-refractivity contribution < 1.29 is 4.39 Å². The number of aromatic amines is 1. The summed E-state index contributed by atoms with van der Waals surface area (Å²) in [4.78, 5) is 20.4. The lowest BCUT2D eigenvalue weighted by atomic mass is 10.0. The van der Waals surface area contributed by atoms with E-state index in [1.165, 1.54) is 12.1 Å². The van der Waals surface area contributed by atoms with E-state index in [1.807, 2.05) is 42.6 Å². The second kappa shape index (κ2) is 7.85. The van der Waals surface area contributed by atoms with Crippen molar-refractivity contribution in [1.29, 1.82) is 0 Å². The van der Waals surface area contributed by atoms with E-state index in [0.29, 0.717) is 11.6 Å². The predicted octanol–water partition coefficient (Wildman–Crippen LogP) is 5.90. The summed E-state index contributed by atoms with van der Waals surface area (Å²) >= 11 is 6.05. The van der Waals surface area contributed by atoms with Gasteiger partial charge in [0.15, 0.2) is 0 Å².